The molecule has 4 rings (SSSR count). The summed E-state index contributed by atoms with van der Waals surface area (Å²) in [5.74, 6) is -0.243. The number of hydrogen-bond acceptors (Lipinski definition) is 2. The Labute approximate surface area is 140 Å². The van der Waals surface area contributed by atoms with Crippen LogP contribution in [0, 0.1) is 0 Å². The molecule has 0 atom stereocenters. The summed E-state index contributed by atoms with van der Waals surface area (Å²) in [6, 6.07) is 18.3. The lowest BCUT2D eigenvalue weighted by Crippen LogP contribution is -2.19. The van der Waals surface area contributed by atoms with E-state index in [-0.39, 0.29) is 5.91 Å². The number of fused-ring (bicyclic) bond motifs is 3. The van der Waals surface area contributed by atoms with Gasteiger partial charge in [0, 0.05) is 6.20 Å². The van der Waals surface area contributed by atoms with E-state index in [1.165, 1.54) is 22.3 Å². The van der Waals surface area contributed by atoms with Gasteiger partial charge < -0.3 is 4.98 Å². The molecule has 2 aromatic carbocycles. The van der Waals surface area contributed by atoms with E-state index in [2.05, 4.69) is 58.0 Å². The average Bonchev–Trinajstić information content (AvgIpc) is 3.26. The smallest absolute Gasteiger partial charge is 0.287 e. The number of hydrogen-bond donors (Lipinski definition) is 2. The number of benzene rings is 2. The van der Waals surface area contributed by atoms with Crippen LogP contribution >= 0.6 is 0 Å². The van der Waals surface area contributed by atoms with Crippen molar-refractivity contribution >= 4 is 11.6 Å². The summed E-state index contributed by atoms with van der Waals surface area (Å²) in [5.41, 5.74) is 10.2. The maximum Gasteiger partial charge on any atom is 0.287 e. The lowest BCUT2D eigenvalue weighted by atomic mass is 10.0. The molecule has 1 aromatic heterocycles. The maximum atomic E-state index is 11.9. The highest BCUT2D eigenvalue weighted by molar-refractivity contribution is 6.01. The van der Waals surface area contributed by atoms with Gasteiger partial charge in [-0.05, 0) is 59.4 Å². The number of carbonyl (C=O) groups is 1. The third kappa shape index (κ3) is 2.52. The molecule has 0 fully saturated rings. The average molecular weight is 315 g/mol. The summed E-state index contributed by atoms with van der Waals surface area (Å²) in [6.45, 7) is 1.90. The summed E-state index contributed by atoms with van der Waals surface area (Å²) in [7, 11) is 0. The predicted octanol–water partition coefficient (Wildman–Crippen LogP) is 3.74. The third-order valence-corrected chi connectivity index (χ3v) is 4.38. The van der Waals surface area contributed by atoms with Gasteiger partial charge in [-0.3, -0.25) is 4.79 Å². The molecule has 118 valence electrons. The van der Waals surface area contributed by atoms with Gasteiger partial charge in [-0.25, -0.2) is 5.43 Å². The molecule has 4 nitrogen and oxygen atoms in total. The lowest BCUT2D eigenvalue weighted by Gasteiger charge is -2.06. The Balaban J connectivity index is 1.56. The monoisotopic (exact) mass is 315 g/mol. The molecule has 0 saturated carbocycles. The van der Waals surface area contributed by atoms with Gasteiger partial charge in [0.05, 0.1) is 5.71 Å². The van der Waals surface area contributed by atoms with Crippen LogP contribution in [0.2, 0.25) is 0 Å². The molecule has 0 bridgehead atoms. The van der Waals surface area contributed by atoms with Gasteiger partial charge in [-0.15, -0.1) is 0 Å². The van der Waals surface area contributed by atoms with E-state index in [4.69, 9.17) is 0 Å². The van der Waals surface area contributed by atoms with Crippen LogP contribution in [-0.4, -0.2) is 16.6 Å². The highest BCUT2D eigenvalue weighted by atomic mass is 16.2. The quantitative estimate of drug-likeness (QED) is 0.439. The molecule has 0 radical (unpaired) electrons. The molecule has 4 heteroatoms. The van der Waals surface area contributed by atoms with Crippen LogP contribution in [-0.2, 0) is 6.42 Å². The van der Waals surface area contributed by atoms with E-state index in [0.717, 1.165) is 17.7 Å². The first-order valence-electron chi connectivity index (χ1n) is 7.92. The van der Waals surface area contributed by atoms with Crippen molar-refractivity contribution in [3.8, 4) is 11.1 Å². The molecule has 3 aromatic rings. The van der Waals surface area contributed by atoms with E-state index in [1.807, 2.05) is 6.92 Å². The second-order valence-electron chi connectivity index (χ2n) is 5.93. The molecule has 1 aliphatic carbocycles. The van der Waals surface area contributed by atoms with Gasteiger partial charge >= 0.3 is 0 Å². The van der Waals surface area contributed by atoms with Crippen LogP contribution < -0.4 is 5.43 Å². The summed E-state index contributed by atoms with van der Waals surface area (Å²) in [4.78, 5) is 14.8. The third-order valence-electron chi connectivity index (χ3n) is 4.38. The molecule has 1 heterocycles. The van der Waals surface area contributed by atoms with E-state index < -0.39 is 0 Å². The second kappa shape index (κ2) is 5.81. The van der Waals surface area contributed by atoms with Crippen LogP contribution in [0.25, 0.3) is 11.1 Å². The van der Waals surface area contributed by atoms with Crippen LogP contribution in [0.4, 0.5) is 0 Å². The minimum Gasteiger partial charge on any atom is -0.357 e. The number of amides is 1. The van der Waals surface area contributed by atoms with Crippen molar-refractivity contribution in [2.24, 2.45) is 5.10 Å². The number of rotatable bonds is 3. The fourth-order valence-electron chi connectivity index (χ4n) is 3.10. The van der Waals surface area contributed by atoms with Crippen LogP contribution in [0.5, 0.6) is 0 Å². The Morgan fingerprint density at radius 2 is 1.88 bits per heavy atom. The first-order chi connectivity index (χ1) is 11.7. The second-order valence-corrected chi connectivity index (χ2v) is 5.93. The largest absolute Gasteiger partial charge is 0.357 e. The van der Waals surface area contributed by atoms with Gasteiger partial charge in [0.15, 0.2) is 0 Å². The van der Waals surface area contributed by atoms with Crippen molar-refractivity contribution < 1.29 is 4.79 Å². The first kappa shape index (κ1) is 14.5. The van der Waals surface area contributed by atoms with Crippen molar-refractivity contribution in [1.29, 1.82) is 0 Å². The first-order valence-corrected chi connectivity index (χ1v) is 7.92. The standard InChI is InChI=1S/C20H17N3O/c1-13(22-23-20(24)19-7-4-10-21-19)14-8-9-18-16(11-14)12-15-5-2-3-6-17(15)18/h2-11,21H,12H2,1H3,(H,23,24)/b22-13-. The van der Waals surface area contributed by atoms with Crippen molar-refractivity contribution in [1.82, 2.24) is 10.4 Å². The van der Waals surface area contributed by atoms with Crippen LogP contribution in [0.3, 0.4) is 0 Å². The summed E-state index contributed by atoms with van der Waals surface area (Å²) in [6.07, 6.45) is 2.66. The number of H-pyrrole nitrogens is 1. The molecule has 0 saturated heterocycles. The van der Waals surface area contributed by atoms with Crippen LogP contribution in [0.1, 0.15) is 34.1 Å². The van der Waals surface area contributed by atoms with Crippen LogP contribution in [0.15, 0.2) is 65.9 Å². The number of aromatic amines is 1. The summed E-state index contributed by atoms with van der Waals surface area (Å²) < 4.78 is 0. The van der Waals surface area contributed by atoms with Gasteiger partial charge in [-0.1, -0.05) is 36.4 Å². The van der Waals surface area contributed by atoms with Gasteiger partial charge in [0.1, 0.15) is 5.69 Å². The molecule has 1 amide bonds. The number of hydrazone groups is 1. The molecule has 24 heavy (non-hydrogen) atoms. The van der Waals surface area contributed by atoms with Gasteiger partial charge in [0.25, 0.3) is 5.91 Å². The minimum absolute atomic E-state index is 0.243. The molecule has 1 aliphatic rings. The number of nitrogens with one attached hydrogen (secondary N) is 2. The van der Waals surface area contributed by atoms with Gasteiger partial charge in [-0.2, -0.15) is 5.10 Å². The number of nitrogens with zero attached hydrogens (tertiary/aromatic N) is 1. The Morgan fingerprint density at radius 1 is 1.04 bits per heavy atom. The normalized spacial score (nSPS) is 12.6. The highest BCUT2D eigenvalue weighted by Crippen LogP contribution is 2.36. The zero-order valence-corrected chi connectivity index (χ0v) is 13.3. The van der Waals surface area contributed by atoms with Crippen molar-refractivity contribution in [3.63, 3.8) is 0 Å². The SMILES string of the molecule is C/C(=N/NC(=O)c1ccc[nH]1)c1ccc2c(c1)Cc1ccccc1-2. The molecule has 0 spiro atoms. The molecule has 0 aliphatic heterocycles. The Kier molecular flexibility index (Phi) is 3.50. The molecular weight excluding hydrogens is 298 g/mol. The van der Waals surface area contributed by atoms with Gasteiger partial charge in [0.2, 0.25) is 0 Å². The predicted molar refractivity (Wildman–Crippen MR) is 95.2 cm³/mol. The summed E-state index contributed by atoms with van der Waals surface area (Å²) >= 11 is 0. The Morgan fingerprint density at radius 3 is 2.71 bits per heavy atom. The van der Waals surface area contributed by atoms with E-state index in [0.29, 0.717) is 5.69 Å². The lowest BCUT2D eigenvalue weighted by molar-refractivity contribution is 0.0950. The maximum absolute atomic E-state index is 11.9. The minimum atomic E-state index is -0.243. The Bertz CT molecular complexity index is 939. The highest BCUT2D eigenvalue weighted by Gasteiger charge is 2.18. The van der Waals surface area contributed by atoms with E-state index in [9.17, 15) is 4.79 Å². The fraction of sp³-hybridized carbons (Fsp3) is 0.100. The fourth-order valence-corrected chi connectivity index (χ4v) is 3.10. The Hall–Kier alpha value is -3.14. The van der Waals surface area contributed by atoms with Crippen molar-refractivity contribution in [2.75, 3.05) is 0 Å². The summed E-state index contributed by atoms with van der Waals surface area (Å²) in [5, 5.41) is 4.22. The van der Waals surface area contributed by atoms with Crippen molar-refractivity contribution in [3.05, 3.63) is 83.2 Å². The van der Waals surface area contributed by atoms with E-state index >= 15 is 0 Å². The molecular formula is C20H17N3O. The zero-order chi connectivity index (χ0) is 16.5. The topological polar surface area (TPSA) is 57.2 Å². The molecule has 0 unspecified atom stereocenters. The number of carbonyl (C=O) groups excluding carboxylic acids is 1. The molecule has 2 N–H and O–H groups in total. The van der Waals surface area contributed by atoms with E-state index in [1.54, 1.807) is 18.3 Å². The number of aromatic nitrogens is 1. The zero-order valence-electron chi connectivity index (χ0n) is 13.3. The van der Waals surface area contributed by atoms with Crippen molar-refractivity contribution in [2.45, 2.75) is 13.3 Å².